The summed E-state index contributed by atoms with van der Waals surface area (Å²) in [4.78, 5) is 19.3. The second-order valence-electron chi connectivity index (χ2n) is 5.61. The Kier molecular flexibility index (Phi) is 5.98. The van der Waals surface area contributed by atoms with Gasteiger partial charge in [0.15, 0.2) is 11.5 Å². The lowest BCUT2D eigenvalue weighted by molar-refractivity contribution is 0.0948. The quantitative estimate of drug-likeness (QED) is 0.641. The number of aryl methyl sites for hydroxylation is 1. The van der Waals surface area contributed by atoms with Gasteiger partial charge in [-0.25, -0.2) is 4.98 Å². The van der Waals surface area contributed by atoms with E-state index in [0.717, 1.165) is 20.5 Å². The van der Waals surface area contributed by atoms with Crippen LogP contribution in [0, 0.1) is 6.92 Å². The zero-order valence-corrected chi connectivity index (χ0v) is 17.1. The molecular formula is C19H20N2O4S2. The Morgan fingerprint density at radius 2 is 1.78 bits per heavy atom. The van der Waals surface area contributed by atoms with Gasteiger partial charge in [-0.15, -0.1) is 22.7 Å². The van der Waals surface area contributed by atoms with E-state index in [1.165, 1.54) is 21.3 Å². The maximum absolute atomic E-state index is 12.7. The third-order valence-corrected chi connectivity index (χ3v) is 5.79. The van der Waals surface area contributed by atoms with Gasteiger partial charge in [-0.05, 0) is 19.1 Å². The number of methoxy groups -OCH3 is 3. The predicted octanol–water partition coefficient (Wildman–Crippen LogP) is 4.14. The monoisotopic (exact) mass is 404 g/mol. The summed E-state index contributed by atoms with van der Waals surface area (Å²) in [5, 5.41) is 6.00. The number of thiazole rings is 1. The summed E-state index contributed by atoms with van der Waals surface area (Å²) in [6.45, 7) is 2.41. The molecule has 0 radical (unpaired) electrons. The summed E-state index contributed by atoms with van der Waals surface area (Å²) in [5.41, 5.74) is 1.36. The van der Waals surface area contributed by atoms with E-state index in [0.29, 0.717) is 29.4 Å². The SMILES string of the molecule is COc1cc(OC)c(C(=O)NCc2ccc(-c3csc(C)n3)s2)cc1OC. The standard InChI is InChI=1S/C19H20N2O4S2/c1-11-21-14(10-26-11)18-6-5-12(27-18)9-20-19(22)13-7-16(24-3)17(25-4)8-15(13)23-2/h5-8,10H,9H2,1-4H3,(H,20,22). The van der Waals surface area contributed by atoms with Crippen LogP contribution in [0.4, 0.5) is 0 Å². The molecule has 0 fully saturated rings. The van der Waals surface area contributed by atoms with Crippen LogP contribution in [-0.2, 0) is 6.54 Å². The average molecular weight is 405 g/mol. The van der Waals surface area contributed by atoms with Crippen molar-refractivity contribution in [3.05, 3.63) is 45.1 Å². The van der Waals surface area contributed by atoms with Crippen LogP contribution in [0.5, 0.6) is 17.2 Å². The highest BCUT2D eigenvalue weighted by Crippen LogP contribution is 2.34. The van der Waals surface area contributed by atoms with Crippen molar-refractivity contribution in [2.75, 3.05) is 21.3 Å². The van der Waals surface area contributed by atoms with Crippen molar-refractivity contribution in [1.29, 1.82) is 0 Å². The molecule has 1 N–H and O–H groups in total. The summed E-state index contributed by atoms with van der Waals surface area (Å²) in [7, 11) is 4.58. The van der Waals surface area contributed by atoms with Crippen LogP contribution in [0.2, 0.25) is 0 Å². The molecule has 2 aromatic heterocycles. The number of nitrogens with zero attached hydrogens (tertiary/aromatic N) is 1. The summed E-state index contributed by atoms with van der Waals surface area (Å²) in [5.74, 6) is 1.16. The molecule has 0 aliphatic carbocycles. The molecule has 142 valence electrons. The van der Waals surface area contributed by atoms with Gasteiger partial charge in [0.2, 0.25) is 0 Å². The number of aromatic nitrogens is 1. The van der Waals surface area contributed by atoms with E-state index in [9.17, 15) is 4.79 Å². The molecule has 0 bridgehead atoms. The third kappa shape index (κ3) is 4.23. The summed E-state index contributed by atoms with van der Waals surface area (Å²) < 4.78 is 15.9. The number of carbonyl (C=O) groups is 1. The molecule has 3 aromatic rings. The van der Waals surface area contributed by atoms with Crippen LogP contribution in [0.1, 0.15) is 20.2 Å². The van der Waals surface area contributed by atoms with Crippen LogP contribution >= 0.6 is 22.7 Å². The lowest BCUT2D eigenvalue weighted by Crippen LogP contribution is -2.23. The minimum absolute atomic E-state index is 0.243. The molecule has 0 saturated heterocycles. The van der Waals surface area contributed by atoms with Gasteiger partial charge in [0, 0.05) is 22.4 Å². The van der Waals surface area contributed by atoms with E-state index in [4.69, 9.17) is 14.2 Å². The van der Waals surface area contributed by atoms with Crippen molar-refractivity contribution in [2.24, 2.45) is 0 Å². The van der Waals surface area contributed by atoms with Gasteiger partial charge in [0.05, 0.1) is 49.0 Å². The highest BCUT2D eigenvalue weighted by Gasteiger charge is 2.18. The Labute approximate surface area is 165 Å². The molecule has 0 unspecified atom stereocenters. The lowest BCUT2D eigenvalue weighted by atomic mass is 10.1. The van der Waals surface area contributed by atoms with E-state index in [1.807, 2.05) is 24.4 Å². The number of nitrogens with one attached hydrogen (secondary N) is 1. The Morgan fingerprint density at radius 1 is 1.07 bits per heavy atom. The molecule has 0 atom stereocenters. The van der Waals surface area contributed by atoms with Crippen LogP contribution in [0.25, 0.3) is 10.6 Å². The fourth-order valence-corrected chi connectivity index (χ4v) is 4.15. The normalized spacial score (nSPS) is 10.5. The maximum Gasteiger partial charge on any atom is 0.255 e. The molecule has 0 aliphatic rings. The lowest BCUT2D eigenvalue weighted by Gasteiger charge is -2.13. The zero-order valence-electron chi connectivity index (χ0n) is 15.5. The third-order valence-electron chi connectivity index (χ3n) is 3.91. The molecule has 8 heteroatoms. The zero-order chi connectivity index (χ0) is 19.4. The van der Waals surface area contributed by atoms with Crippen LogP contribution in [-0.4, -0.2) is 32.2 Å². The topological polar surface area (TPSA) is 69.7 Å². The van der Waals surface area contributed by atoms with Crippen LogP contribution in [0.3, 0.4) is 0 Å². The van der Waals surface area contributed by atoms with Crippen molar-refractivity contribution in [3.8, 4) is 27.8 Å². The average Bonchev–Trinajstić information content (AvgIpc) is 3.33. The first-order valence-corrected chi connectivity index (χ1v) is 9.84. The maximum atomic E-state index is 12.7. The van der Waals surface area contributed by atoms with Gasteiger partial charge in [-0.3, -0.25) is 4.79 Å². The van der Waals surface area contributed by atoms with Gasteiger partial charge < -0.3 is 19.5 Å². The number of thiophene rings is 1. The molecule has 0 spiro atoms. The van der Waals surface area contributed by atoms with E-state index in [1.54, 1.807) is 34.8 Å². The summed E-state index contributed by atoms with van der Waals surface area (Å²) in [6, 6.07) is 7.28. The number of rotatable bonds is 7. The molecule has 2 heterocycles. The van der Waals surface area contributed by atoms with Crippen molar-refractivity contribution >= 4 is 28.6 Å². The predicted molar refractivity (Wildman–Crippen MR) is 107 cm³/mol. The van der Waals surface area contributed by atoms with Crippen molar-refractivity contribution < 1.29 is 19.0 Å². The minimum Gasteiger partial charge on any atom is -0.496 e. The first-order valence-electron chi connectivity index (χ1n) is 8.15. The van der Waals surface area contributed by atoms with Crippen LogP contribution < -0.4 is 19.5 Å². The van der Waals surface area contributed by atoms with Gasteiger partial charge in [0.25, 0.3) is 5.91 Å². The first kappa shape index (κ1) is 19.2. The molecule has 0 aliphatic heterocycles. The number of amides is 1. The first-order chi connectivity index (χ1) is 13.0. The largest absolute Gasteiger partial charge is 0.496 e. The fraction of sp³-hybridized carbons (Fsp3) is 0.263. The van der Waals surface area contributed by atoms with E-state index in [2.05, 4.69) is 10.3 Å². The molecule has 1 aromatic carbocycles. The van der Waals surface area contributed by atoms with E-state index in [-0.39, 0.29) is 5.91 Å². The smallest absolute Gasteiger partial charge is 0.255 e. The summed E-state index contributed by atoms with van der Waals surface area (Å²) in [6.07, 6.45) is 0. The van der Waals surface area contributed by atoms with Crippen molar-refractivity contribution in [1.82, 2.24) is 10.3 Å². The van der Waals surface area contributed by atoms with Crippen molar-refractivity contribution in [3.63, 3.8) is 0 Å². The number of carbonyl (C=O) groups excluding carboxylic acids is 1. The molecular weight excluding hydrogens is 384 g/mol. The highest BCUT2D eigenvalue weighted by molar-refractivity contribution is 7.16. The van der Waals surface area contributed by atoms with Gasteiger partial charge in [-0.2, -0.15) is 0 Å². The van der Waals surface area contributed by atoms with Crippen molar-refractivity contribution in [2.45, 2.75) is 13.5 Å². The Bertz CT molecular complexity index is 949. The number of ether oxygens (including phenoxy) is 3. The van der Waals surface area contributed by atoms with E-state index < -0.39 is 0 Å². The number of benzene rings is 1. The highest BCUT2D eigenvalue weighted by atomic mass is 32.1. The second-order valence-corrected chi connectivity index (χ2v) is 7.84. The fourth-order valence-electron chi connectivity index (χ4n) is 2.56. The Morgan fingerprint density at radius 3 is 2.41 bits per heavy atom. The van der Waals surface area contributed by atoms with E-state index >= 15 is 0 Å². The van der Waals surface area contributed by atoms with Gasteiger partial charge >= 0.3 is 0 Å². The molecule has 27 heavy (non-hydrogen) atoms. The molecule has 6 nitrogen and oxygen atoms in total. The molecule has 3 rings (SSSR count). The van der Waals surface area contributed by atoms with Gasteiger partial charge in [-0.1, -0.05) is 0 Å². The van der Waals surface area contributed by atoms with Gasteiger partial charge in [0.1, 0.15) is 5.75 Å². The molecule has 1 amide bonds. The summed E-state index contributed by atoms with van der Waals surface area (Å²) >= 11 is 3.24. The number of hydrogen-bond acceptors (Lipinski definition) is 7. The Hall–Kier alpha value is -2.58. The Balaban J connectivity index is 1.73. The molecule has 0 saturated carbocycles. The minimum atomic E-state index is -0.243. The van der Waals surface area contributed by atoms with Crippen LogP contribution in [0.15, 0.2) is 29.6 Å². The number of hydrogen-bond donors (Lipinski definition) is 1. The second kappa shape index (κ2) is 8.41.